The molecule has 45 heavy (non-hydrogen) atoms. The Kier molecular flexibility index (Phi) is 8.39. The maximum absolute atomic E-state index is 14.5. The van der Waals surface area contributed by atoms with Crippen molar-refractivity contribution in [1.29, 1.82) is 0 Å². The van der Waals surface area contributed by atoms with Crippen LogP contribution >= 0.6 is 11.3 Å². The number of imide groups is 1. The van der Waals surface area contributed by atoms with Crippen molar-refractivity contribution >= 4 is 39.8 Å². The highest BCUT2D eigenvalue weighted by molar-refractivity contribution is 7.17. The second-order valence-electron chi connectivity index (χ2n) is 12.9. The van der Waals surface area contributed by atoms with Crippen molar-refractivity contribution in [2.75, 3.05) is 30.8 Å². The maximum atomic E-state index is 14.5. The average molecular weight is 633 g/mol. The number of anilines is 2. The van der Waals surface area contributed by atoms with Gasteiger partial charge >= 0.3 is 5.97 Å². The SMILES string of the molecule is CCCOc1ccc([C@@H]2[C@H]3C(=O)N(c4sc5c(c4C(=O)OC)CC[C@@H](C(C)(C)C)C5)C(=O)[C@H]3ON2c2ccccc2)cc1OC. The molecule has 10 heteroatoms. The van der Waals surface area contributed by atoms with Crippen molar-refractivity contribution in [2.45, 2.75) is 65.5 Å². The molecule has 0 bridgehead atoms. The van der Waals surface area contributed by atoms with E-state index in [1.807, 2.05) is 55.5 Å². The fraction of sp³-hybridized carbons (Fsp3) is 0.457. The summed E-state index contributed by atoms with van der Waals surface area (Å²) in [5, 5.41) is 1.98. The molecule has 4 atom stereocenters. The van der Waals surface area contributed by atoms with E-state index in [1.54, 1.807) is 12.2 Å². The molecule has 0 N–H and O–H groups in total. The van der Waals surface area contributed by atoms with Crippen molar-refractivity contribution in [3.05, 3.63) is 70.1 Å². The van der Waals surface area contributed by atoms with Crippen molar-refractivity contribution in [2.24, 2.45) is 17.3 Å². The topological polar surface area (TPSA) is 94.6 Å². The molecule has 0 unspecified atom stereocenters. The summed E-state index contributed by atoms with van der Waals surface area (Å²) >= 11 is 1.36. The third-order valence-electron chi connectivity index (χ3n) is 9.18. The van der Waals surface area contributed by atoms with Crippen LogP contribution in [0.1, 0.15) is 72.9 Å². The second kappa shape index (κ2) is 12.1. The minimum atomic E-state index is -1.07. The first-order valence-corrected chi connectivity index (χ1v) is 16.3. The Morgan fingerprint density at radius 1 is 1.04 bits per heavy atom. The number of nitrogens with zero attached hydrogens (tertiary/aromatic N) is 2. The fourth-order valence-corrected chi connectivity index (χ4v) is 8.16. The Morgan fingerprint density at radius 2 is 1.80 bits per heavy atom. The summed E-state index contributed by atoms with van der Waals surface area (Å²) in [6, 6.07) is 14.3. The average Bonchev–Trinajstić information content (AvgIpc) is 3.69. The second-order valence-corrected chi connectivity index (χ2v) is 14.0. The van der Waals surface area contributed by atoms with Crippen LogP contribution in [0.25, 0.3) is 0 Å². The molecule has 6 rings (SSSR count). The third kappa shape index (κ3) is 5.37. The minimum Gasteiger partial charge on any atom is -0.493 e. The van der Waals surface area contributed by atoms with E-state index in [0.29, 0.717) is 46.7 Å². The highest BCUT2D eigenvalue weighted by atomic mass is 32.1. The molecule has 1 aliphatic carbocycles. The van der Waals surface area contributed by atoms with Gasteiger partial charge in [-0.2, -0.15) is 0 Å². The van der Waals surface area contributed by atoms with Gasteiger partial charge in [-0.15, -0.1) is 11.3 Å². The predicted molar refractivity (Wildman–Crippen MR) is 172 cm³/mol. The monoisotopic (exact) mass is 632 g/mol. The molecule has 1 aromatic heterocycles. The molecule has 9 nitrogen and oxygen atoms in total. The number of carbonyl (C=O) groups is 3. The molecule has 3 heterocycles. The Balaban J connectivity index is 1.42. The summed E-state index contributed by atoms with van der Waals surface area (Å²) in [6.07, 6.45) is 2.16. The number of fused-ring (bicyclic) bond motifs is 2. The smallest absolute Gasteiger partial charge is 0.341 e. The molecule has 0 saturated carbocycles. The molecule has 2 amide bonds. The number of para-hydroxylation sites is 1. The van der Waals surface area contributed by atoms with Crippen LogP contribution in [0.15, 0.2) is 48.5 Å². The van der Waals surface area contributed by atoms with E-state index >= 15 is 0 Å². The van der Waals surface area contributed by atoms with E-state index in [9.17, 15) is 14.4 Å². The molecule has 0 radical (unpaired) electrons. The Bertz CT molecular complexity index is 1610. The van der Waals surface area contributed by atoms with Gasteiger partial charge < -0.3 is 14.2 Å². The molecule has 2 fully saturated rings. The third-order valence-corrected chi connectivity index (χ3v) is 10.4. The van der Waals surface area contributed by atoms with Crippen LogP contribution < -0.4 is 19.4 Å². The number of benzene rings is 2. The lowest BCUT2D eigenvalue weighted by molar-refractivity contribution is -0.126. The van der Waals surface area contributed by atoms with Crippen molar-refractivity contribution in [3.63, 3.8) is 0 Å². The standard InChI is InChI=1S/C35H40N2O7S/c1-7-17-43-24-16-13-20(18-25(24)41-5)29-28-30(44-37(29)22-11-9-8-10-12-22)32(39)36(31(28)38)33-27(34(40)42-6)23-15-14-21(35(2,3)4)19-26(23)45-33/h8-13,16,18,21,28-30H,7,14-15,17,19H2,1-6H3/t21-,28-,29-,30+/m1/s1. The molecular weight excluding hydrogens is 592 g/mol. The summed E-state index contributed by atoms with van der Waals surface area (Å²) in [4.78, 5) is 50.5. The number of esters is 1. The molecule has 0 spiro atoms. The lowest BCUT2D eigenvalue weighted by atomic mass is 9.72. The molecular formula is C35H40N2O7S. The zero-order valence-corrected chi connectivity index (χ0v) is 27.4. The number of thiophene rings is 1. The van der Waals surface area contributed by atoms with Crippen LogP contribution in [0, 0.1) is 17.3 Å². The normalized spacial score (nSPS) is 22.8. The molecule has 2 saturated heterocycles. The molecule has 238 valence electrons. The van der Waals surface area contributed by atoms with Crippen molar-refractivity contribution in [1.82, 2.24) is 0 Å². The van der Waals surface area contributed by atoms with E-state index < -0.39 is 35.8 Å². The lowest BCUT2D eigenvalue weighted by Crippen LogP contribution is -2.37. The summed E-state index contributed by atoms with van der Waals surface area (Å²) < 4.78 is 16.8. The van der Waals surface area contributed by atoms with Gasteiger partial charge in [0.1, 0.15) is 10.9 Å². The van der Waals surface area contributed by atoms with Gasteiger partial charge in [-0.05, 0) is 72.4 Å². The first-order chi connectivity index (χ1) is 21.6. The van der Waals surface area contributed by atoms with Gasteiger partial charge in [0.15, 0.2) is 17.6 Å². The minimum absolute atomic E-state index is 0.0870. The number of hydrogen-bond donors (Lipinski definition) is 0. The number of ether oxygens (including phenoxy) is 3. The highest BCUT2D eigenvalue weighted by Crippen LogP contribution is 2.52. The van der Waals surface area contributed by atoms with Gasteiger partial charge in [-0.3, -0.25) is 14.4 Å². The van der Waals surface area contributed by atoms with Crippen molar-refractivity contribution < 1.29 is 33.4 Å². The molecule has 2 aliphatic heterocycles. The highest BCUT2D eigenvalue weighted by Gasteiger charge is 2.61. The molecule has 3 aromatic rings. The Hall–Kier alpha value is -3.89. The lowest BCUT2D eigenvalue weighted by Gasteiger charge is -2.33. The molecule has 2 aromatic carbocycles. The quantitative estimate of drug-likeness (QED) is 0.204. The number of rotatable bonds is 8. The summed E-state index contributed by atoms with van der Waals surface area (Å²) in [5.41, 5.74) is 2.74. The van der Waals surface area contributed by atoms with Gasteiger partial charge in [0.05, 0.1) is 38.1 Å². The number of hydroxylamine groups is 1. The van der Waals surface area contributed by atoms with Gasteiger partial charge in [-0.1, -0.05) is 52.0 Å². The summed E-state index contributed by atoms with van der Waals surface area (Å²) in [6.45, 7) is 9.23. The van der Waals surface area contributed by atoms with Gasteiger partial charge in [0.2, 0.25) is 5.91 Å². The fourth-order valence-electron chi connectivity index (χ4n) is 6.73. The maximum Gasteiger partial charge on any atom is 0.341 e. The van der Waals surface area contributed by atoms with E-state index in [1.165, 1.54) is 23.3 Å². The summed E-state index contributed by atoms with van der Waals surface area (Å²) in [5.74, 6) is -0.756. The number of amides is 2. The van der Waals surface area contributed by atoms with E-state index in [2.05, 4.69) is 20.8 Å². The summed E-state index contributed by atoms with van der Waals surface area (Å²) in [7, 11) is 2.90. The van der Waals surface area contributed by atoms with Crippen LogP contribution in [0.5, 0.6) is 11.5 Å². The zero-order valence-electron chi connectivity index (χ0n) is 26.6. The van der Waals surface area contributed by atoms with Crippen LogP contribution in [-0.2, 0) is 32.0 Å². The van der Waals surface area contributed by atoms with Crippen LogP contribution in [-0.4, -0.2) is 44.7 Å². The van der Waals surface area contributed by atoms with Gasteiger partial charge in [0, 0.05) is 4.88 Å². The van der Waals surface area contributed by atoms with Crippen LogP contribution in [0.2, 0.25) is 0 Å². The Labute approximate surface area is 268 Å². The number of hydrogen-bond acceptors (Lipinski definition) is 9. The van der Waals surface area contributed by atoms with E-state index in [-0.39, 0.29) is 5.41 Å². The predicted octanol–water partition coefficient (Wildman–Crippen LogP) is 6.53. The van der Waals surface area contributed by atoms with Crippen LogP contribution in [0.4, 0.5) is 10.7 Å². The largest absolute Gasteiger partial charge is 0.493 e. The van der Waals surface area contributed by atoms with Crippen molar-refractivity contribution in [3.8, 4) is 11.5 Å². The first kappa shape index (κ1) is 31.1. The number of carbonyl (C=O) groups excluding carboxylic acids is 3. The van der Waals surface area contributed by atoms with E-state index in [0.717, 1.165) is 35.3 Å². The molecule has 3 aliphatic rings. The Morgan fingerprint density at radius 3 is 2.47 bits per heavy atom. The van der Waals surface area contributed by atoms with E-state index in [4.69, 9.17) is 19.0 Å². The van der Waals surface area contributed by atoms with Crippen LogP contribution in [0.3, 0.4) is 0 Å². The zero-order chi connectivity index (χ0) is 32.0. The first-order valence-electron chi connectivity index (χ1n) is 15.5. The van der Waals surface area contributed by atoms with Gasteiger partial charge in [0.25, 0.3) is 5.91 Å². The number of methoxy groups -OCH3 is 2. The van der Waals surface area contributed by atoms with Gasteiger partial charge in [-0.25, -0.2) is 14.8 Å².